The molecule has 8 heteroatoms. The van der Waals surface area contributed by atoms with Crippen molar-refractivity contribution in [1.29, 1.82) is 0 Å². The highest BCUT2D eigenvalue weighted by atomic mass is 32.2. The fourth-order valence-electron chi connectivity index (χ4n) is 1.36. The Labute approximate surface area is 110 Å². The molecule has 2 atom stereocenters. The van der Waals surface area contributed by atoms with Gasteiger partial charge in [0.2, 0.25) is 5.09 Å². The van der Waals surface area contributed by atoms with E-state index in [1.165, 1.54) is 23.9 Å². The summed E-state index contributed by atoms with van der Waals surface area (Å²) in [6.07, 6.45) is 2.21. The summed E-state index contributed by atoms with van der Waals surface area (Å²) in [6, 6.07) is 2.04. The molecule has 18 heavy (non-hydrogen) atoms. The normalized spacial score (nSPS) is 15.3. The first-order valence-corrected chi connectivity index (χ1v) is 7.92. The Bertz CT molecular complexity index is 492. The average Bonchev–Trinajstić information content (AvgIpc) is 2.79. The maximum absolute atomic E-state index is 11.9. The Hall–Kier alpha value is -0.830. The number of furan rings is 1. The van der Waals surface area contributed by atoms with Crippen molar-refractivity contribution in [2.75, 3.05) is 12.9 Å². The number of aldehydes is 1. The standard InChI is InChI=1S/C10H15NO5S2/c1-7(9(6-13)17-2)11-18(14,15)10-4-3-8(5-12)16-10/h3-5,7,9,11,13H,6H2,1-2H3. The minimum Gasteiger partial charge on any atom is -0.440 e. The zero-order valence-corrected chi connectivity index (χ0v) is 11.6. The second-order valence-corrected chi connectivity index (χ2v) is 6.36. The molecule has 6 nitrogen and oxygen atoms in total. The van der Waals surface area contributed by atoms with E-state index in [-0.39, 0.29) is 22.7 Å². The van der Waals surface area contributed by atoms with Gasteiger partial charge in [0.15, 0.2) is 12.0 Å². The molecule has 0 bridgehead atoms. The minimum absolute atomic E-state index is 0.0494. The van der Waals surface area contributed by atoms with Crippen LogP contribution in [0.2, 0.25) is 0 Å². The van der Waals surface area contributed by atoms with Gasteiger partial charge in [0.05, 0.1) is 6.61 Å². The van der Waals surface area contributed by atoms with Crippen molar-refractivity contribution in [3.8, 4) is 0 Å². The lowest BCUT2D eigenvalue weighted by atomic mass is 10.3. The fraction of sp³-hybridized carbons (Fsp3) is 0.500. The molecule has 0 radical (unpaired) electrons. The number of thioether (sulfide) groups is 1. The third-order valence-electron chi connectivity index (χ3n) is 2.36. The Morgan fingerprint density at radius 1 is 1.56 bits per heavy atom. The molecule has 102 valence electrons. The first kappa shape index (κ1) is 15.2. The highest BCUT2D eigenvalue weighted by Crippen LogP contribution is 2.16. The molecule has 0 saturated carbocycles. The molecule has 1 rings (SSSR count). The predicted octanol–water partition coefficient (Wildman–Crippen LogP) is 0.483. The summed E-state index contributed by atoms with van der Waals surface area (Å²) in [4.78, 5) is 10.4. The van der Waals surface area contributed by atoms with Crippen LogP contribution in [-0.2, 0) is 10.0 Å². The SMILES string of the molecule is CSC(CO)C(C)NS(=O)(=O)c1ccc(C=O)o1. The van der Waals surface area contributed by atoms with Crippen molar-refractivity contribution >= 4 is 28.1 Å². The van der Waals surface area contributed by atoms with Gasteiger partial charge >= 0.3 is 0 Å². The summed E-state index contributed by atoms with van der Waals surface area (Å²) in [6.45, 7) is 1.51. The van der Waals surface area contributed by atoms with Crippen molar-refractivity contribution in [2.24, 2.45) is 0 Å². The van der Waals surface area contributed by atoms with E-state index in [2.05, 4.69) is 4.72 Å². The molecule has 0 saturated heterocycles. The smallest absolute Gasteiger partial charge is 0.274 e. The third kappa shape index (κ3) is 3.58. The second-order valence-electron chi connectivity index (χ2n) is 3.64. The molecule has 0 fully saturated rings. The highest BCUT2D eigenvalue weighted by Gasteiger charge is 2.25. The Balaban J connectivity index is 2.84. The topological polar surface area (TPSA) is 96.6 Å². The molecule has 0 aromatic carbocycles. The number of aliphatic hydroxyl groups excluding tert-OH is 1. The Morgan fingerprint density at radius 2 is 2.22 bits per heavy atom. The van der Waals surface area contributed by atoms with Crippen LogP contribution in [0.25, 0.3) is 0 Å². The molecular formula is C10H15NO5S2. The number of nitrogens with one attached hydrogen (secondary N) is 1. The summed E-state index contributed by atoms with van der Waals surface area (Å²) < 4.78 is 31.0. The number of aliphatic hydroxyl groups is 1. The first-order valence-electron chi connectivity index (χ1n) is 5.15. The van der Waals surface area contributed by atoms with E-state index in [0.29, 0.717) is 6.29 Å². The molecule has 1 aromatic heterocycles. The number of carbonyl (C=O) groups is 1. The molecule has 1 aromatic rings. The van der Waals surface area contributed by atoms with Crippen LogP contribution >= 0.6 is 11.8 Å². The monoisotopic (exact) mass is 293 g/mol. The highest BCUT2D eigenvalue weighted by molar-refractivity contribution is 7.99. The van der Waals surface area contributed by atoms with Gasteiger partial charge in [-0.25, -0.2) is 13.1 Å². The zero-order valence-electron chi connectivity index (χ0n) is 9.99. The molecule has 0 aliphatic heterocycles. The van der Waals surface area contributed by atoms with Crippen molar-refractivity contribution in [3.05, 3.63) is 17.9 Å². The zero-order chi connectivity index (χ0) is 13.8. The number of hydrogen-bond acceptors (Lipinski definition) is 6. The molecule has 0 aliphatic carbocycles. The summed E-state index contributed by atoms with van der Waals surface area (Å²) in [5.41, 5.74) is 0. The van der Waals surface area contributed by atoms with Crippen molar-refractivity contribution in [2.45, 2.75) is 23.3 Å². The van der Waals surface area contributed by atoms with Crippen molar-refractivity contribution in [1.82, 2.24) is 4.72 Å². The van der Waals surface area contributed by atoms with Gasteiger partial charge in [-0.05, 0) is 25.3 Å². The van der Waals surface area contributed by atoms with Crippen LogP contribution in [0.5, 0.6) is 0 Å². The van der Waals surface area contributed by atoms with Crippen LogP contribution < -0.4 is 4.72 Å². The Kier molecular flexibility index (Phi) is 5.39. The summed E-state index contributed by atoms with van der Waals surface area (Å²) in [7, 11) is -3.81. The summed E-state index contributed by atoms with van der Waals surface area (Å²) in [5.74, 6) is -0.0494. The fourth-order valence-corrected chi connectivity index (χ4v) is 3.29. The van der Waals surface area contributed by atoms with E-state index >= 15 is 0 Å². The maximum Gasteiger partial charge on any atom is 0.274 e. The third-order valence-corrected chi connectivity index (χ3v) is 4.96. The molecule has 2 N–H and O–H groups in total. The van der Waals surface area contributed by atoms with E-state index in [1.54, 1.807) is 13.2 Å². The summed E-state index contributed by atoms with van der Waals surface area (Å²) in [5, 5.41) is 8.52. The van der Waals surface area contributed by atoms with E-state index < -0.39 is 16.1 Å². The lowest BCUT2D eigenvalue weighted by molar-refractivity contribution is 0.109. The lowest BCUT2D eigenvalue weighted by Crippen LogP contribution is -2.41. The molecule has 0 spiro atoms. The number of sulfonamides is 1. The quantitative estimate of drug-likeness (QED) is 0.710. The Morgan fingerprint density at radius 3 is 2.67 bits per heavy atom. The van der Waals surface area contributed by atoms with Crippen LogP contribution in [0.1, 0.15) is 17.5 Å². The molecule has 2 unspecified atom stereocenters. The van der Waals surface area contributed by atoms with Crippen molar-refractivity contribution < 1.29 is 22.7 Å². The molecule has 1 heterocycles. The lowest BCUT2D eigenvalue weighted by Gasteiger charge is -2.20. The van der Waals surface area contributed by atoms with Crippen LogP contribution in [0, 0.1) is 0 Å². The van der Waals surface area contributed by atoms with Gasteiger partial charge in [-0.1, -0.05) is 0 Å². The average molecular weight is 293 g/mol. The van der Waals surface area contributed by atoms with Gasteiger partial charge in [0.1, 0.15) is 0 Å². The largest absolute Gasteiger partial charge is 0.440 e. The van der Waals surface area contributed by atoms with Gasteiger partial charge in [-0.2, -0.15) is 11.8 Å². The number of carbonyl (C=O) groups excluding carboxylic acids is 1. The van der Waals surface area contributed by atoms with Crippen molar-refractivity contribution in [3.63, 3.8) is 0 Å². The number of rotatable bonds is 7. The van der Waals surface area contributed by atoms with E-state index in [0.717, 1.165) is 0 Å². The molecular weight excluding hydrogens is 278 g/mol. The van der Waals surface area contributed by atoms with Crippen LogP contribution in [-0.4, -0.2) is 44.0 Å². The van der Waals surface area contributed by atoms with Gasteiger partial charge in [-0.3, -0.25) is 4.79 Å². The van der Waals surface area contributed by atoms with E-state index in [1.807, 2.05) is 0 Å². The van der Waals surface area contributed by atoms with Crippen LogP contribution in [0.3, 0.4) is 0 Å². The van der Waals surface area contributed by atoms with Crippen LogP contribution in [0.15, 0.2) is 21.6 Å². The minimum atomic E-state index is -3.81. The van der Waals surface area contributed by atoms with E-state index in [4.69, 9.17) is 9.52 Å². The second kappa shape index (κ2) is 6.37. The van der Waals surface area contributed by atoms with Gasteiger partial charge in [0.25, 0.3) is 10.0 Å². The van der Waals surface area contributed by atoms with Gasteiger partial charge in [0, 0.05) is 11.3 Å². The maximum atomic E-state index is 11.9. The molecule has 0 aliphatic rings. The number of hydrogen-bond donors (Lipinski definition) is 2. The first-order chi connectivity index (χ1) is 8.44. The van der Waals surface area contributed by atoms with Gasteiger partial charge < -0.3 is 9.52 Å². The van der Waals surface area contributed by atoms with Crippen LogP contribution in [0.4, 0.5) is 0 Å². The van der Waals surface area contributed by atoms with E-state index in [9.17, 15) is 13.2 Å². The predicted molar refractivity (Wildman–Crippen MR) is 68.3 cm³/mol. The summed E-state index contributed by atoms with van der Waals surface area (Å²) >= 11 is 1.36. The molecule has 0 amide bonds. The van der Waals surface area contributed by atoms with Gasteiger partial charge in [-0.15, -0.1) is 0 Å².